The first-order valence-corrected chi connectivity index (χ1v) is 5.06. The highest BCUT2D eigenvalue weighted by Crippen LogP contribution is 2.04. The molecule has 0 unspecified atom stereocenters. The van der Waals surface area contributed by atoms with Crippen LogP contribution in [0.3, 0.4) is 0 Å². The zero-order valence-corrected chi connectivity index (χ0v) is 9.10. The lowest BCUT2D eigenvalue weighted by molar-refractivity contribution is -0.156. The molecule has 1 rings (SSSR count). The Hall–Kier alpha value is -1.35. The molecule has 0 aliphatic heterocycles. The molecular formula is C12H16O3. The molecule has 1 atom stereocenters. The summed E-state index contributed by atoms with van der Waals surface area (Å²) >= 11 is 0. The standard InChI is InChI=1S/C12H16O3/c1-3-14-12(13)10(2)15-9-11-7-5-4-6-8-11/h4-8,10H,3,9H2,1-2H3/t10-/m0/s1. The van der Waals surface area contributed by atoms with Crippen LogP contribution in [0.2, 0.25) is 0 Å². The molecule has 0 saturated carbocycles. The van der Waals surface area contributed by atoms with E-state index in [4.69, 9.17) is 9.47 Å². The summed E-state index contributed by atoms with van der Waals surface area (Å²) in [4.78, 5) is 11.2. The van der Waals surface area contributed by atoms with Crippen LogP contribution in [0.25, 0.3) is 0 Å². The molecule has 0 radical (unpaired) electrons. The van der Waals surface area contributed by atoms with E-state index >= 15 is 0 Å². The minimum Gasteiger partial charge on any atom is -0.464 e. The average Bonchev–Trinajstić information content (AvgIpc) is 2.27. The Labute approximate surface area is 90.0 Å². The van der Waals surface area contributed by atoms with Gasteiger partial charge >= 0.3 is 5.97 Å². The van der Waals surface area contributed by atoms with E-state index in [0.29, 0.717) is 13.2 Å². The first-order valence-electron chi connectivity index (χ1n) is 5.06. The minimum absolute atomic E-state index is 0.312. The van der Waals surface area contributed by atoms with Gasteiger partial charge in [-0.3, -0.25) is 0 Å². The Morgan fingerprint density at radius 2 is 2.00 bits per heavy atom. The summed E-state index contributed by atoms with van der Waals surface area (Å²) in [5.74, 6) is -0.312. The van der Waals surface area contributed by atoms with E-state index in [-0.39, 0.29) is 5.97 Å². The third kappa shape index (κ3) is 4.13. The molecule has 3 nitrogen and oxygen atoms in total. The molecule has 0 spiro atoms. The second-order valence-electron chi connectivity index (χ2n) is 3.19. The van der Waals surface area contributed by atoms with Crippen molar-refractivity contribution in [2.75, 3.05) is 6.61 Å². The zero-order valence-electron chi connectivity index (χ0n) is 9.10. The van der Waals surface area contributed by atoms with Crippen molar-refractivity contribution in [2.45, 2.75) is 26.6 Å². The quantitative estimate of drug-likeness (QED) is 0.695. The van der Waals surface area contributed by atoms with E-state index in [0.717, 1.165) is 5.56 Å². The number of carbonyl (C=O) groups is 1. The van der Waals surface area contributed by atoms with Crippen molar-refractivity contribution in [3.63, 3.8) is 0 Å². The van der Waals surface area contributed by atoms with Crippen LogP contribution in [0.4, 0.5) is 0 Å². The fourth-order valence-corrected chi connectivity index (χ4v) is 1.12. The molecule has 15 heavy (non-hydrogen) atoms. The summed E-state index contributed by atoms with van der Waals surface area (Å²) in [6.07, 6.45) is -0.509. The SMILES string of the molecule is CCOC(=O)[C@H](C)OCc1ccccc1. The van der Waals surface area contributed by atoms with Crippen LogP contribution in [-0.2, 0) is 20.9 Å². The van der Waals surface area contributed by atoms with Gasteiger partial charge in [-0.1, -0.05) is 30.3 Å². The van der Waals surface area contributed by atoms with E-state index in [2.05, 4.69) is 0 Å². The van der Waals surface area contributed by atoms with Gasteiger partial charge in [0.25, 0.3) is 0 Å². The highest BCUT2D eigenvalue weighted by molar-refractivity contribution is 5.74. The smallest absolute Gasteiger partial charge is 0.334 e. The maximum atomic E-state index is 11.2. The second-order valence-corrected chi connectivity index (χ2v) is 3.19. The minimum atomic E-state index is -0.509. The van der Waals surface area contributed by atoms with E-state index in [1.165, 1.54) is 0 Å². The average molecular weight is 208 g/mol. The van der Waals surface area contributed by atoms with Crippen LogP contribution in [-0.4, -0.2) is 18.7 Å². The third-order valence-corrected chi connectivity index (χ3v) is 1.96. The molecule has 0 N–H and O–H groups in total. The number of hydrogen-bond donors (Lipinski definition) is 0. The molecular weight excluding hydrogens is 192 g/mol. The zero-order chi connectivity index (χ0) is 11.1. The Morgan fingerprint density at radius 1 is 1.33 bits per heavy atom. The van der Waals surface area contributed by atoms with Gasteiger partial charge < -0.3 is 9.47 Å². The lowest BCUT2D eigenvalue weighted by Crippen LogP contribution is -2.23. The largest absolute Gasteiger partial charge is 0.464 e. The van der Waals surface area contributed by atoms with Gasteiger partial charge in [-0.05, 0) is 19.4 Å². The summed E-state index contributed by atoms with van der Waals surface area (Å²) in [5, 5.41) is 0. The summed E-state index contributed by atoms with van der Waals surface area (Å²) in [5.41, 5.74) is 1.05. The summed E-state index contributed by atoms with van der Waals surface area (Å²) < 4.78 is 10.2. The van der Waals surface area contributed by atoms with E-state index < -0.39 is 6.10 Å². The molecule has 0 bridgehead atoms. The van der Waals surface area contributed by atoms with Crippen LogP contribution >= 0.6 is 0 Å². The van der Waals surface area contributed by atoms with E-state index in [1.807, 2.05) is 30.3 Å². The Bertz CT molecular complexity index is 295. The Balaban J connectivity index is 2.34. The molecule has 0 aromatic heterocycles. The first kappa shape index (κ1) is 11.7. The maximum Gasteiger partial charge on any atom is 0.334 e. The van der Waals surface area contributed by atoms with E-state index in [9.17, 15) is 4.79 Å². The van der Waals surface area contributed by atoms with Crippen molar-refractivity contribution in [3.8, 4) is 0 Å². The lowest BCUT2D eigenvalue weighted by Gasteiger charge is -2.11. The van der Waals surface area contributed by atoms with Crippen LogP contribution in [0, 0.1) is 0 Å². The van der Waals surface area contributed by atoms with Gasteiger partial charge in [-0.2, -0.15) is 0 Å². The number of benzene rings is 1. The number of rotatable bonds is 5. The monoisotopic (exact) mass is 208 g/mol. The van der Waals surface area contributed by atoms with Gasteiger partial charge in [0.1, 0.15) is 0 Å². The molecule has 0 saturated heterocycles. The third-order valence-electron chi connectivity index (χ3n) is 1.96. The number of esters is 1. The van der Waals surface area contributed by atoms with Gasteiger partial charge in [0, 0.05) is 0 Å². The molecule has 3 heteroatoms. The fraction of sp³-hybridized carbons (Fsp3) is 0.417. The lowest BCUT2D eigenvalue weighted by atomic mass is 10.2. The molecule has 1 aromatic carbocycles. The van der Waals surface area contributed by atoms with Crippen molar-refractivity contribution in [2.24, 2.45) is 0 Å². The van der Waals surface area contributed by atoms with Crippen molar-refractivity contribution in [1.82, 2.24) is 0 Å². The molecule has 0 heterocycles. The molecule has 1 aromatic rings. The highest BCUT2D eigenvalue weighted by Gasteiger charge is 2.13. The van der Waals surface area contributed by atoms with Crippen molar-refractivity contribution < 1.29 is 14.3 Å². The summed E-state index contributed by atoms with van der Waals surface area (Å²) in [7, 11) is 0. The van der Waals surface area contributed by atoms with E-state index in [1.54, 1.807) is 13.8 Å². The summed E-state index contributed by atoms with van der Waals surface area (Å²) in [6, 6.07) is 9.73. The Morgan fingerprint density at radius 3 is 2.60 bits per heavy atom. The number of carbonyl (C=O) groups excluding carboxylic acids is 1. The molecule has 0 aliphatic rings. The number of ether oxygens (including phenoxy) is 2. The fourth-order valence-electron chi connectivity index (χ4n) is 1.12. The van der Waals surface area contributed by atoms with Crippen LogP contribution in [0.5, 0.6) is 0 Å². The first-order chi connectivity index (χ1) is 7.24. The highest BCUT2D eigenvalue weighted by atomic mass is 16.6. The maximum absolute atomic E-state index is 11.2. The number of hydrogen-bond acceptors (Lipinski definition) is 3. The molecule has 0 aliphatic carbocycles. The second kappa shape index (κ2) is 6.19. The van der Waals surface area contributed by atoms with Crippen molar-refractivity contribution in [1.29, 1.82) is 0 Å². The topological polar surface area (TPSA) is 35.5 Å². The molecule has 0 amide bonds. The van der Waals surface area contributed by atoms with Gasteiger partial charge in [-0.25, -0.2) is 4.79 Å². The van der Waals surface area contributed by atoms with Crippen molar-refractivity contribution >= 4 is 5.97 Å². The predicted molar refractivity (Wildman–Crippen MR) is 57.3 cm³/mol. The van der Waals surface area contributed by atoms with Crippen LogP contribution in [0.15, 0.2) is 30.3 Å². The summed E-state index contributed by atoms with van der Waals surface area (Å²) in [6.45, 7) is 4.29. The van der Waals surface area contributed by atoms with Crippen LogP contribution < -0.4 is 0 Å². The van der Waals surface area contributed by atoms with Crippen molar-refractivity contribution in [3.05, 3.63) is 35.9 Å². The van der Waals surface area contributed by atoms with Gasteiger partial charge in [0.05, 0.1) is 13.2 Å². The molecule has 82 valence electrons. The Kier molecular flexibility index (Phi) is 4.84. The molecule has 0 fully saturated rings. The predicted octanol–water partition coefficient (Wildman–Crippen LogP) is 2.15. The van der Waals surface area contributed by atoms with Gasteiger partial charge in [-0.15, -0.1) is 0 Å². The van der Waals surface area contributed by atoms with Crippen LogP contribution in [0.1, 0.15) is 19.4 Å². The van der Waals surface area contributed by atoms with Gasteiger partial charge in [0.2, 0.25) is 0 Å². The van der Waals surface area contributed by atoms with Gasteiger partial charge in [0.15, 0.2) is 6.10 Å². The normalized spacial score (nSPS) is 12.1.